The highest BCUT2D eigenvalue weighted by molar-refractivity contribution is 6.01. The molecule has 6 heteroatoms. The van der Waals surface area contributed by atoms with Gasteiger partial charge in [-0.3, -0.25) is 0 Å². The van der Waals surface area contributed by atoms with Crippen molar-refractivity contribution in [2.75, 3.05) is 20.3 Å². The Balaban J connectivity index is 1.62. The number of nitrogens with zero attached hydrogens (tertiary/aromatic N) is 1. The zero-order valence-electron chi connectivity index (χ0n) is 19.0. The molecule has 0 aliphatic heterocycles. The van der Waals surface area contributed by atoms with Crippen molar-refractivity contribution in [2.24, 2.45) is 5.16 Å². The fourth-order valence-corrected chi connectivity index (χ4v) is 3.18. The molecule has 3 rings (SSSR count). The predicted molar refractivity (Wildman–Crippen MR) is 127 cm³/mol. The highest BCUT2D eigenvalue weighted by Gasteiger charge is 2.19. The SMILES string of the molecule is CCOC(Cc1ccc(OCC(=NOCc2ccccc2)c2ccccc2)cc1)C(=O)OC. The van der Waals surface area contributed by atoms with E-state index in [9.17, 15) is 4.79 Å². The number of esters is 1. The molecule has 3 aromatic carbocycles. The summed E-state index contributed by atoms with van der Waals surface area (Å²) in [4.78, 5) is 17.5. The number of benzene rings is 3. The van der Waals surface area contributed by atoms with E-state index in [0.29, 0.717) is 31.1 Å². The van der Waals surface area contributed by atoms with Crippen molar-refractivity contribution in [1.82, 2.24) is 0 Å². The number of oxime groups is 1. The van der Waals surface area contributed by atoms with Crippen LogP contribution in [0.5, 0.6) is 5.75 Å². The average molecular weight is 448 g/mol. The van der Waals surface area contributed by atoms with Crippen LogP contribution in [0.3, 0.4) is 0 Å². The van der Waals surface area contributed by atoms with Gasteiger partial charge in [0, 0.05) is 18.6 Å². The highest BCUT2D eigenvalue weighted by Crippen LogP contribution is 2.16. The summed E-state index contributed by atoms with van der Waals surface area (Å²) in [5, 5.41) is 4.33. The third-order valence-electron chi connectivity index (χ3n) is 4.91. The Morgan fingerprint density at radius 2 is 1.55 bits per heavy atom. The molecule has 172 valence electrons. The molecule has 1 unspecified atom stereocenters. The van der Waals surface area contributed by atoms with Gasteiger partial charge in [-0.15, -0.1) is 0 Å². The second-order valence-corrected chi connectivity index (χ2v) is 7.27. The molecule has 0 spiro atoms. The number of carbonyl (C=O) groups excluding carboxylic acids is 1. The normalized spacial score (nSPS) is 12.1. The summed E-state index contributed by atoms with van der Waals surface area (Å²) in [5.41, 5.74) is 3.62. The Hall–Kier alpha value is -3.64. The largest absolute Gasteiger partial charge is 0.487 e. The van der Waals surface area contributed by atoms with Gasteiger partial charge in [0.15, 0.2) is 6.10 Å². The fourth-order valence-electron chi connectivity index (χ4n) is 3.18. The van der Waals surface area contributed by atoms with Crippen LogP contribution in [-0.4, -0.2) is 38.1 Å². The summed E-state index contributed by atoms with van der Waals surface area (Å²) in [6.45, 7) is 2.92. The Morgan fingerprint density at radius 1 is 0.879 bits per heavy atom. The van der Waals surface area contributed by atoms with Gasteiger partial charge in [-0.2, -0.15) is 0 Å². The molecule has 0 aliphatic carbocycles. The summed E-state index contributed by atoms with van der Waals surface area (Å²) in [6, 6.07) is 27.2. The zero-order valence-corrected chi connectivity index (χ0v) is 19.0. The summed E-state index contributed by atoms with van der Waals surface area (Å²) < 4.78 is 16.3. The van der Waals surface area contributed by atoms with Crippen LogP contribution in [0.1, 0.15) is 23.6 Å². The first kappa shape index (κ1) is 24.0. The number of methoxy groups -OCH3 is 1. The van der Waals surface area contributed by atoms with E-state index in [2.05, 4.69) is 5.16 Å². The Bertz CT molecular complexity index is 1000. The first-order valence-corrected chi connectivity index (χ1v) is 10.9. The molecule has 0 N–H and O–H groups in total. The topological polar surface area (TPSA) is 66.3 Å². The standard InChI is InChI=1S/C27H29NO5/c1-3-31-26(27(29)30-2)18-21-14-16-24(17-15-21)32-20-25(23-12-8-5-9-13-23)28-33-19-22-10-6-4-7-11-22/h4-17,26H,3,18-20H2,1-2H3. The first-order chi connectivity index (χ1) is 16.2. The lowest BCUT2D eigenvalue weighted by Crippen LogP contribution is -2.28. The summed E-state index contributed by atoms with van der Waals surface area (Å²) in [6.07, 6.45) is -0.185. The van der Waals surface area contributed by atoms with E-state index in [1.54, 1.807) is 0 Å². The fraction of sp³-hybridized carbons (Fsp3) is 0.259. The number of ether oxygens (including phenoxy) is 3. The maximum Gasteiger partial charge on any atom is 0.335 e. The van der Waals surface area contributed by atoms with E-state index in [-0.39, 0.29) is 12.6 Å². The van der Waals surface area contributed by atoms with Crippen molar-refractivity contribution in [3.8, 4) is 5.75 Å². The molecule has 0 fully saturated rings. The quantitative estimate of drug-likeness (QED) is 0.227. The molecule has 0 saturated carbocycles. The number of hydrogen-bond donors (Lipinski definition) is 0. The van der Waals surface area contributed by atoms with Crippen LogP contribution in [0.25, 0.3) is 0 Å². The Kier molecular flexibility index (Phi) is 9.48. The van der Waals surface area contributed by atoms with Crippen molar-refractivity contribution in [1.29, 1.82) is 0 Å². The van der Waals surface area contributed by atoms with Gasteiger partial charge in [0.25, 0.3) is 0 Å². The Morgan fingerprint density at radius 3 is 2.18 bits per heavy atom. The second kappa shape index (κ2) is 13.0. The minimum absolute atomic E-state index is 0.252. The lowest BCUT2D eigenvalue weighted by atomic mass is 10.1. The van der Waals surface area contributed by atoms with E-state index in [1.165, 1.54) is 7.11 Å². The smallest absolute Gasteiger partial charge is 0.335 e. The van der Waals surface area contributed by atoms with Gasteiger partial charge in [-0.25, -0.2) is 4.79 Å². The molecule has 0 amide bonds. The zero-order chi connectivity index (χ0) is 23.3. The van der Waals surface area contributed by atoms with E-state index in [0.717, 1.165) is 16.7 Å². The van der Waals surface area contributed by atoms with E-state index in [1.807, 2.05) is 91.9 Å². The van der Waals surface area contributed by atoms with Crippen LogP contribution < -0.4 is 4.74 Å². The van der Waals surface area contributed by atoms with E-state index >= 15 is 0 Å². The van der Waals surface area contributed by atoms with Crippen molar-refractivity contribution >= 4 is 11.7 Å². The maximum absolute atomic E-state index is 11.9. The third-order valence-corrected chi connectivity index (χ3v) is 4.91. The van der Waals surface area contributed by atoms with Gasteiger partial charge in [0.1, 0.15) is 24.7 Å². The average Bonchev–Trinajstić information content (AvgIpc) is 2.87. The van der Waals surface area contributed by atoms with Gasteiger partial charge in [-0.05, 0) is 30.2 Å². The van der Waals surface area contributed by atoms with E-state index in [4.69, 9.17) is 19.0 Å². The monoisotopic (exact) mass is 447 g/mol. The molecule has 0 bridgehead atoms. The molecule has 6 nitrogen and oxygen atoms in total. The van der Waals surface area contributed by atoms with Crippen LogP contribution in [-0.2, 0) is 32.1 Å². The van der Waals surface area contributed by atoms with Gasteiger partial charge in [0.05, 0.1) is 7.11 Å². The van der Waals surface area contributed by atoms with Crippen LogP contribution in [0, 0.1) is 0 Å². The summed E-state index contributed by atoms with van der Waals surface area (Å²) in [7, 11) is 1.36. The van der Waals surface area contributed by atoms with Gasteiger partial charge < -0.3 is 19.0 Å². The van der Waals surface area contributed by atoms with Crippen LogP contribution in [0.15, 0.2) is 90.1 Å². The van der Waals surface area contributed by atoms with Crippen molar-refractivity contribution in [3.05, 3.63) is 102 Å². The van der Waals surface area contributed by atoms with Gasteiger partial charge in [-0.1, -0.05) is 78.0 Å². The second-order valence-electron chi connectivity index (χ2n) is 7.27. The molecule has 0 saturated heterocycles. The molecule has 0 aliphatic rings. The summed E-state index contributed by atoms with van der Waals surface area (Å²) in [5.74, 6) is 0.313. The Labute approximate surface area is 194 Å². The minimum atomic E-state index is -0.620. The van der Waals surface area contributed by atoms with Gasteiger partial charge in [0.2, 0.25) is 0 Å². The third kappa shape index (κ3) is 7.77. The van der Waals surface area contributed by atoms with Crippen LogP contribution >= 0.6 is 0 Å². The lowest BCUT2D eigenvalue weighted by Gasteiger charge is -2.15. The minimum Gasteiger partial charge on any atom is -0.487 e. The number of rotatable bonds is 12. The van der Waals surface area contributed by atoms with E-state index < -0.39 is 6.10 Å². The molecular formula is C27H29NO5. The van der Waals surface area contributed by atoms with Crippen molar-refractivity contribution < 1.29 is 23.8 Å². The van der Waals surface area contributed by atoms with Crippen LogP contribution in [0.4, 0.5) is 0 Å². The lowest BCUT2D eigenvalue weighted by molar-refractivity contribution is -0.153. The van der Waals surface area contributed by atoms with Crippen molar-refractivity contribution in [3.63, 3.8) is 0 Å². The molecule has 33 heavy (non-hydrogen) atoms. The van der Waals surface area contributed by atoms with Crippen molar-refractivity contribution in [2.45, 2.75) is 26.1 Å². The molecular weight excluding hydrogens is 418 g/mol. The molecule has 0 radical (unpaired) electrons. The molecule has 0 heterocycles. The molecule has 1 atom stereocenters. The molecule has 3 aromatic rings. The van der Waals surface area contributed by atoms with Crippen LogP contribution in [0.2, 0.25) is 0 Å². The first-order valence-electron chi connectivity index (χ1n) is 10.9. The highest BCUT2D eigenvalue weighted by atomic mass is 16.6. The number of carbonyl (C=O) groups is 1. The maximum atomic E-state index is 11.9. The van der Waals surface area contributed by atoms with Gasteiger partial charge >= 0.3 is 5.97 Å². The number of hydrogen-bond acceptors (Lipinski definition) is 6. The molecule has 0 aromatic heterocycles. The predicted octanol–water partition coefficient (Wildman–Crippen LogP) is 4.81. The summed E-state index contributed by atoms with van der Waals surface area (Å²) >= 11 is 0.